The minimum absolute atomic E-state index is 1.06. The summed E-state index contributed by atoms with van der Waals surface area (Å²) in [7, 11) is 1.79. The zero-order valence-electron chi connectivity index (χ0n) is 11.3. The molecule has 0 saturated heterocycles. The highest BCUT2D eigenvalue weighted by atomic mass is 14.7. The molecule has 0 N–H and O–H groups in total. The summed E-state index contributed by atoms with van der Waals surface area (Å²) in [4.78, 5) is 8.39. The normalized spacial score (nSPS) is 13.5. The quantitative estimate of drug-likeness (QED) is 0.571. The van der Waals surface area contributed by atoms with Gasteiger partial charge in [-0.1, -0.05) is 6.08 Å². The first kappa shape index (κ1) is 13.4. The lowest BCUT2D eigenvalue weighted by Crippen LogP contribution is -1.93. The zero-order valence-corrected chi connectivity index (χ0v) is 11.3. The van der Waals surface area contributed by atoms with Gasteiger partial charge in [0, 0.05) is 25.2 Å². The highest BCUT2D eigenvalue weighted by Gasteiger charge is 2.02. The molecule has 2 heteroatoms. The van der Waals surface area contributed by atoms with Crippen molar-refractivity contribution in [3.63, 3.8) is 0 Å². The van der Waals surface area contributed by atoms with E-state index in [1.165, 1.54) is 16.7 Å². The molecular weight excluding hydrogens is 208 g/mol. The third-order valence-electron chi connectivity index (χ3n) is 2.80. The maximum absolute atomic E-state index is 4.33. The second kappa shape index (κ2) is 6.14. The van der Waals surface area contributed by atoms with Gasteiger partial charge in [-0.15, -0.1) is 0 Å². The van der Waals surface area contributed by atoms with Gasteiger partial charge >= 0.3 is 0 Å². The lowest BCUT2D eigenvalue weighted by atomic mass is 10.0. The van der Waals surface area contributed by atoms with Gasteiger partial charge in [-0.05, 0) is 62.1 Å². The molecule has 2 nitrogen and oxygen atoms in total. The number of allylic oxidation sites excluding steroid dienone is 3. The Morgan fingerprint density at radius 3 is 2.59 bits per heavy atom. The van der Waals surface area contributed by atoms with Crippen molar-refractivity contribution in [1.29, 1.82) is 0 Å². The Bertz CT molecular complexity index is 459. The topological polar surface area (TPSA) is 25.2 Å². The van der Waals surface area contributed by atoms with Gasteiger partial charge in [0.1, 0.15) is 0 Å². The van der Waals surface area contributed by atoms with E-state index in [0.717, 1.165) is 11.3 Å². The van der Waals surface area contributed by atoms with E-state index in [2.05, 4.69) is 36.0 Å². The summed E-state index contributed by atoms with van der Waals surface area (Å²) in [5.41, 5.74) is 5.87. The Labute approximate surface area is 104 Å². The smallest absolute Gasteiger partial charge is 0.0447 e. The fourth-order valence-corrected chi connectivity index (χ4v) is 1.77. The summed E-state index contributed by atoms with van der Waals surface area (Å²) in [6, 6.07) is 2.04. The molecule has 1 aromatic rings. The number of aromatic nitrogens is 1. The zero-order chi connectivity index (χ0) is 12.8. The lowest BCUT2D eigenvalue weighted by Gasteiger charge is -2.07. The van der Waals surface area contributed by atoms with Gasteiger partial charge in [0.05, 0.1) is 0 Å². The molecule has 0 spiro atoms. The van der Waals surface area contributed by atoms with E-state index in [0.29, 0.717) is 0 Å². The van der Waals surface area contributed by atoms with Gasteiger partial charge < -0.3 is 0 Å². The number of aryl methyl sites for hydroxylation is 2. The van der Waals surface area contributed by atoms with Crippen molar-refractivity contribution < 1.29 is 0 Å². The molecule has 0 saturated carbocycles. The van der Waals surface area contributed by atoms with Crippen LogP contribution in [0, 0.1) is 13.8 Å². The van der Waals surface area contributed by atoms with Crippen molar-refractivity contribution in [2.75, 3.05) is 7.05 Å². The number of hydrogen-bond donors (Lipinski definition) is 0. The molecule has 0 aliphatic heterocycles. The van der Waals surface area contributed by atoms with Crippen LogP contribution in [0.15, 0.2) is 34.5 Å². The van der Waals surface area contributed by atoms with Gasteiger partial charge in [0.25, 0.3) is 0 Å². The number of rotatable bonds is 3. The Kier molecular flexibility index (Phi) is 4.83. The average Bonchev–Trinajstić information content (AvgIpc) is 2.30. The van der Waals surface area contributed by atoms with Gasteiger partial charge in [0.2, 0.25) is 0 Å². The molecule has 0 bridgehead atoms. The fourth-order valence-electron chi connectivity index (χ4n) is 1.77. The molecule has 0 unspecified atom stereocenters. The number of hydrogen-bond acceptors (Lipinski definition) is 2. The van der Waals surface area contributed by atoms with E-state index < -0.39 is 0 Å². The van der Waals surface area contributed by atoms with E-state index in [4.69, 9.17) is 0 Å². The Balaban J connectivity index is 3.19. The van der Waals surface area contributed by atoms with E-state index in [9.17, 15) is 0 Å². The minimum atomic E-state index is 1.06. The van der Waals surface area contributed by atoms with E-state index in [1.54, 1.807) is 7.05 Å². The monoisotopic (exact) mass is 228 g/mol. The molecule has 1 heterocycles. The van der Waals surface area contributed by atoms with Crippen LogP contribution < -0.4 is 0 Å². The molecule has 17 heavy (non-hydrogen) atoms. The lowest BCUT2D eigenvalue weighted by molar-refractivity contribution is 1.16. The predicted octanol–water partition coefficient (Wildman–Crippen LogP) is 3.75. The molecule has 0 amide bonds. The van der Waals surface area contributed by atoms with Crippen molar-refractivity contribution in [2.24, 2.45) is 4.99 Å². The molecule has 0 radical (unpaired) electrons. The minimum Gasteiger partial charge on any atom is -0.296 e. The molecule has 1 aromatic heterocycles. The summed E-state index contributed by atoms with van der Waals surface area (Å²) < 4.78 is 0. The number of nitrogens with zero attached hydrogens (tertiary/aromatic N) is 2. The van der Waals surface area contributed by atoms with Crippen LogP contribution in [0.25, 0.3) is 6.08 Å². The first-order valence-corrected chi connectivity index (χ1v) is 5.79. The highest BCUT2D eigenvalue weighted by molar-refractivity contribution is 5.87. The standard InChI is InChI=1S/C15H20N2/c1-6-14(10-16-5)12(3)9-15-11(2)7-8-17-13(15)4/h6-10H,1-5H3/b12-9+,14-6+,16-10?. The summed E-state index contributed by atoms with van der Waals surface area (Å²) in [6.07, 6.45) is 7.98. The van der Waals surface area contributed by atoms with Crippen molar-refractivity contribution in [2.45, 2.75) is 27.7 Å². The molecule has 1 rings (SSSR count). The summed E-state index contributed by atoms with van der Waals surface area (Å²) in [6.45, 7) is 8.27. The fraction of sp³-hybridized carbons (Fsp3) is 0.333. The maximum atomic E-state index is 4.33. The summed E-state index contributed by atoms with van der Waals surface area (Å²) in [5, 5.41) is 0. The second-order valence-corrected chi connectivity index (χ2v) is 4.09. The van der Waals surface area contributed by atoms with Crippen molar-refractivity contribution in [3.05, 3.63) is 46.3 Å². The van der Waals surface area contributed by atoms with Crippen LogP contribution in [0.1, 0.15) is 30.7 Å². The SMILES string of the molecule is C/C=C(C=NC)/C(C)=C/c1c(C)ccnc1C. The molecule has 90 valence electrons. The summed E-state index contributed by atoms with van der Waals surface area (Å²) >= 11 is 0. The Morgan fingerprint density at radius 2 is 2.06 bits per heavy atom. The molecule has 0 atom stereocenters. The molecule has 0 fully saturated rings. The van der Waals surface area contributed by atoms with Crippen LogP contribution >= 0.6 is 0 Å². The largest absolute Gasteiger partial charge is 0.296 e. The maximum Gasteiger partial charge on any atom is 0.0447 e. The predicted molar refractivity (Wildman–Crippen MR) is 75.5 cm³/mol. The van der Waals surface area contributed by atoms with Crippen molar-refractivity contribution >= 4 is 12.3 Å². The third kappa shape index (κ3) is 3.38. The summed E-state index contributed by atoms with van der Waals surface area (Å²) in [5.74, 6) is 0. The van der Waals surface area contributed by atoms with Crippen LogP contribution in [0.5, 0.6) is 0 Å². The van der Waals surface area contributed by atoms with Gasteiger partial charge in [-0.3, -0.25) is 9.98 Å². The first-order valence-electron chi connectivity index (χ1n) is 5.79. The third-order valence-corrected chi connectivity index (χ3v) is 2.80. The van der Waals surface area contributed by atoms with Gasteiger partial charge in [-0.25, -0.2) is 0 Å². The van der Waals surface area contributed by atoms with Gasteiger partial charge in [-0.2, -0.15) is 0 Å². The van der Waals surface area contributed by atoms with Crippen molar-refractivity contribution in [3.8, 4) is 0 Å². The van der Waals surface area contributed by atoms with E-state index in [-0.39, 0.29) is 0 Å². The van der Waals surface area contributed by atoms with Gasteiger partial charge in [0.15, 0.2) is 0 Å². The molecule has 0 aliphatic carbocycles. The van der Waals surface area contributed by atoms with E-state index in [1.807, 2.05) is 32.3 Å². The number of aliphatic imine (C=N–C) groups is 1. The molecule has 0 aliphatic rings. The molecule has 0 aromatic carbocycles. The number of pyridine rings is 1. The van der Waals surface area contributed by atoms with Crippen LogP contribution in [-0.4, -0.2) is 18.2 Å². The van der Waals surface area contributed by atoms with Crippen LogP contribution in [0.4, 0.5) is 0 Å². The Morgan fingerprint density at radius 1 is 1.35 bits per heavy atom. The van der Waals surface area contributed by atoms with Crippen LogP contribution in [0.3, 0.4) is 0 Å². The van der Waals surface area contributed by atoms with Crippen LogP contribution in [-0.2, 0) is 0 Å². The van der Waals surface area contributed by atoms with Crippen molar-refractivity contribution in [1.82, 2.24) is 4.98 Å². The van der Waals surface area contributed by atoms with Crippen LogP contribution in [0.2, 0.25) is 0 Å². The first-order chi connectivity index (χ1) is 8.10. The van der Waals surface area contributed by atoms with E-state index >= 15 is 0 Å². The average molecular weight is 228 g/mol. The molecular formula is C15H20N2. The second-order valence-electron chi connectivity index (χ2n) is 4.09. The highest BCUT2D eigenvalue weighted by Crippen LogP contribution is 2.18. The Hall–Kier alpha value is -1.70.